The third kappa shape index (κ3) is 4.52. The molecule has 1 aromatic heterocycles. The van der Waals surface area contributed by atoms with Gasteiger partial charge in [0.25, 0.3) is 5.22 Å². The van der Waals surface area contributed by atoms with Crippen molar-refractivity contribution in [3.05, 3.63) is 18.2 Å². The van der Waals surface area contributed by atoms with Crippen LogP contribution in [0, 0.1) is 17.2 Å². The fraction of sp³-hybridized carbons (Fsp3) is 0.444. The molecule has 27 heavy (non-hydrogen) atoms. The molecule has 2 aromatic rings. The standard InChI is InChI=1S/C18H20N4O4S/c1-18(10-19,12-4-5-12)20-15(23)9-27-17-22-21-16(26-17)11-6-13(24-2)8-14(7-11)25-3/h6-8,12H,4-5,9H2,1-3H3,(H,20,23)/t18-/m0/s1. The number of amides is 1. The fourth-order valence-electron chi connectivity index (χ4n) is 2.65. The lowest BCUT2D eigenvalue weighted by Gasteiger charge is -2.22. The number of ether oxygens (including phenoxy) is 2. The molecule has 1 aromatic carbocycles. The van der Waals surface area contributed by atoms with E-state index in [4.69, 9.17) is 13.9 Å². The SMILES string of the molecule is COc1cc(OC)cc(-c2nnc(SCC(=O)N[C@@](C)(C#N)C3CC3)o2)c1. The monoisotopic (exact) mass is 388 g/mol. The Balaban J connectivity index is 1.63. The zero-order valence-corrected chi connectivity index (χ0v) is 16.1. The summed E-state index contributed by atoms with van der Waals surface area (Å²) in [6, 6.07) is 7.45. The highest BCUT2D eigenvalue weighted by molar-refractivity contribution is 7.99. The minimum absolute atomic E-state index is 0.0903. The predicted octanol–water partition coefficient (Wildman–Crippen LogP) is 2.65. The Bertz CT molecular complexity index is 852. The summed E-state index contributed by atoms with van der Waals surface area (Å²) in [5.74, 6) is 1.59. The Hall–Kier alpha value is -2.73. The van der Waals surface area contributed by atoms with Crippen LogP contribution < -0.4 is 14.8 Å². The highest BCUT2D eigenvalue weighted by Gasteiger charge is 2.42. The first kappa shape index (κ1) is 19.0. The van der Waals surface area contributed by atoms with E-state index in [9.17, 15) is 10.1 Å². The quantitative estimate of drug-likeness (QED) is 0.687. The topological polar surface area (TPSA) is 110 Å². The van der Waals surface area contributed by atoms with Gasteiger partial charge in [-0.3, -0.25) is 4.79 Å². The minimum Gasteiger partial charge on any atom is -0.497 e. The number of carbonyl (C=O) groups is 1. The molecular weight excluding hydrogens is 368 g/mol. The van der Waals surface area contributed by atoms with Crippen molar-refractivity contribution in [1.29, 1.82) is 5.26 Å². The van der Waals surface area contributed by atoms with Crippen molar-refractivity contribution in [2.75, 3.05) is 20.0 Å². The van der Waals surface area contributed by atoms with Crippen molar-refractivity contribution in [2.45, 2.75) is 30.5 Å². The van der Waals surface area contributed by atoms with E-state index in [0.29, 0.717) is 23.0 Å². The molecule has 1 fully saturated rings. The molecule has 0 saturated heterocycles. The Kier molecular flexibility index (Phi) is 5.56. The molecule has 8 nitrogen and oxygen atoms in total. The molecule has 142 valence electrons. The second-order valence-electron chi connectivity index (χ2n) is 6.40. The van der Waals surface area contributed by atoms with Crippen LogP contribution in [0.1, 0.15) is 19.8 Å². The van der Waals surface area contributed by atoms with Gasteiger partial charge in [-0.2, -0.15) is 5.26 Å². The molecule has 0 aliphatic heterocycles. The maximum absolute atomic E-state index is 12.2. The lowest BCUT2D eigenvalue weighted by atomic mass is 9.98. The van der Waals surface area contributed by atoms with Gasteiger partial charge in [0.1, 0.15) is 17.0 Å². The Labute approximate surface area is 161 Å². The molecule has 3 rings (SSSR count). The number of carbonyl (C=O) groups excluding carboxylic acids is 1. The van der Waals surface area contributed by atoms with E-state index in [0.717, 1.165) is 24.6 Å². The number of aromatic nitrogens is 2. The van der Waals surface area contributed by atoms with E-state index >= 15 is 0 Å². The van der Waals surface area contributed by atoms with E-state index in [-0.39, 0.29) is 22.8 Å². The lowest BCUT2D eigenvalue weighted by Crippen LogP contribution is -2.47. The Morgan fingerprint density at radius 3 is 2.56 bits per heavy atom. The number of nitriles is 1. The van der Waals surface area contributed by atoms with Gasteiger partial charge in [0.15, 0.2) is 0 Å². The van der Waals surface area contributed by atoms with Crippen LogP contribution in [0.25, 0.3) is 11.5 Å². The zero-order valence-electron chi connectivity index (χ0n) is 15.3. The summed E-state index contributed by atoms with van der Waals surface area (Å²) in [6.45, 7) is 1.76. The summed E-state index contributed by atoms with van der Waals surface area (Å²) in [4.78, 5) is 12.2. The van der Waals surface area contributed by atoms with Gasteiger partial charge in [-0.05, 0) is 37.8 Å². The third-order valence-corrected chi connectivity index (χ3v) is 5.18. The van der Waals surface area contributed by atoms with Gasteiger partial charge in [0.2, 0.25) is 11.8 Å². The molecular formula is C18H20N4O4S. The molecule has 1 heterocycles. The Morgan fingerprint density at radius 2 is 2.00 bits per heavy atom. The molecule has 1 saturated carbocycles. The van der Waals surface area contributed by atoms with Gasteiger partial charge in [-0.15, -0.1) is 10.2 Å². The first-order chi connectivity index (χ1) is 13.0. The van der Waals surface area contributed by atoms with Crippen molar-refractivity contribution in [3.8, 4) is 29.0 Å². The molecule has 1 aliphatic carbocycles. The maximum Gasteiger partial charge on any atom is 0.277 e. The predicted molar refractivity (Wildman–Crippen MR) is 98.4 cm³/mol. The van der Waals surface area contributed by atoms with Crippen LogP contribution >= 0.6 is 11.8 Å². The second kappa shape index (κ2) is 7.88. The third-order valence-electron chi connectivity index (χ3n) is 4.36. The van der Waals surface area contributed by atoms with Crippen LogP contribution in [0.3, 0.4) is 0 Å². The average Bonchev–Trinajstić information content (AvgIpc) is 3.44. The molecule has 9 heteroatoms. The Morgan fingerprint density at radius 1 is 1.33 bits per heavy atom. The summed E-state index contributed by atoms with van der Waals surface area (Å²) < 4.78 is 16.1. The fourth-order valence-corrected chi connectivity index (χ4v) is 3.21. The molecule has 1 aliphatic rings. The van der Waals surface area contributed by atoms with E-state index in [1.165, 1.54) is 0 Å². The van der Waals surface area contributed by atoms with Gasteiger partial charge >= 0.3 is 0 Å². The molecule has 1 N–H and O–H groups in total. The molecule has 0 radical (unpaired) electrons. The summed E-state index contributed by atoms with van der Waals surface area (Å²) in [5.41, 5.74) is -0.157. The van der Waals surface area contributed by atoms with Crippen molar-refractivity contribution in [1.82, 2.24) is 15.5 Å². The van der Waals surface area contributed by atoms with Crippen molar-refractivity contribution >= 4 is 17.7 Å². The first-order valence-electron chi connectivity index (χ1n) is 8.39. The van der Waals surface area contributed by atoms with Crippen LogP contribution in [-0.2, 0) is 4.79 Å². The number of methoxy groups -OCH3 is 2. The largest absolute Gasteiger partial charge is 0.497 e. The molecule has 1 atom stereocenters. The number of thioether (sulfide) groups is 1. The lowest BCUT2D eigenvalue weighted by molar-refractivity contribution is -0.119. The number of benzene rings is 1. The number of hydrogen-bond donors (Lipinski definition) is 1. The highest BCUT2D eigenvalue weighted by atomic mass is 32.2. The van der Waals surface area contributed by atoms with Crippen LogP contribution in [0.15, 0.2) is 27.8 Å². The number of rotatable bonds is 8. The van der Waals surface area contributed by atoms with Gasteiger partial charge in [-0.25, -0.2) is 0 Å². The second-order valence-corrected chi connectivity index (χ2v) is 7.33. The van der Waals surface area contributed by atoms with Gasteiger partial charge in [-0.1, -0.05) is 11.8 Å². The van der Waals surface area contributed by atoms with Crippen molar-refractivity contribution < 1.29 is 18.7 Å². The van der Waals surface area contributed by atoms with E-state index < -0.39 is 5.54 Å². The van der Waals surface area contributed by atoms with E-state index in [1.54, 1.807) is 39.3 Å². The molecule has 0 unspecified atom stereocenters. The van der Waals surface area contributed by atoms with Crippen molar-refractivity contribution in [2.24, 2.45) is 5.92 Å². The summed E-state index contributed by atoms with van der Waals surface area (Å²) in [5, 5.41) is 20.4. The molecule has 0 spiro atoms. The zero-order chi connectivity index (χ0) is 19.4. The summed E-state index contributed by atoms with van der Waals surface area (Å²) >= 11 is 1.12. The van der Waals surface area contributed by atoms with Crippen molar-refractivity contribution in [3.63, 3.8) is 0 Å². The number of nitrogens with one attached hydrogen (secondary N) is 1. The number of nitrogens with zero attached hydrogens (tertiary/aromatic N) is 3. The van der Waals surface area contributed by atoms with Crippen LogP contribution in [0.4, 0.5) is 0 Å². The van der Waals surface area contributed by atoms with Crippen LogP contribution in [-0.4, -0.2) is 41.6 Å². The van der Waals surface area contributed by atoms with Crippen LogP contribution in [0.2, 0.25) is 0 Å². The maximum atomic E-state index is 12.2. The summed E-state index contributed by atoms with van der Waals surface area (Å²) in [7, 11) is 3.12. The molecule has 1 amide bonds. The van der Waals surface area contributed by atoms with Gasteiger partial charge < -0.3 is 19.2 Å². The molecule has 0 bridgehead atoms. The van der Waals surface area contributed by atoms with Crippen LogP contribution in [0.5, 0.6) is 11.5 Å². The first-order valence-corrected chi connectivity index (χ1v) is 9.38. The minimum atomic E-state index is -0.811. The summed E-state index contributed by atoms with van der Waals surface area (Å²) in [6.07, 6.45) is 1.93. The smallest absolute Gasteiger partial charge is 0.277 e. The van der Waals surface area contributed by atoms with Gasteiger partial charge in [0.05, 0.1) is 26.0 Å². The average molecular weight is 388 g/mol. The highest BCUT2D eigenvalue weighted by Crippen LogP contribution is 2.39. The van der Waals surface area contributed by atoms with E-state index in [1.807, 2.05) is 0 Å². The van der Waals surface area contributed by atoms with E-state index in [2.05, 4.69) is 21.6 Å². The van der Waals surface area contributed by atoms with Gasteiger partial charge in [0, 0.05) is 11.6 Å². The normalized spacial score (nSPS) is 15.5. The number of hydrogen-bond acceptors (Lipinski definition) is 8.